The first-order chi connectivity index (χ1) is 10.1. The van der Waals surface area contributed by atoms with E-state index in [0.717, 1.165) is 50.7 Å². The van der Waals surface area contributed by atoms with Crippen LogP contribution < -0.4 is 10.2 Å². The van der Waals surface area contributed by atoms with Gasteiger partial charge in [-0.1, -0.05) is 0 Å². The molecule has 1 saturated heterocycles. The van der Waals surface area contributed by atoms with Crippen molar-refractivity contribution in [2.75, 3.05) is 31.1 Å². The molecule has 0 saturated carbocycles. The van der Waals surface area contributed by atoms with Gasteiger partial charge in [-0.05, 0) is 27.2 Å². The summed E-state index contributed by atoms with van der Waals surface area (Å²) < 4.78 is 0. The van der Waals surface area contributed by atoms with E-state index in [-0.39, 0.29) is 0 Å². The van der Waals surface area contributed by atoms with Crippen molar-refractivity contribution < 1.29 is 4.79 Å². The molecule has 5 nitrogen and oxygen atoms in total. The molecule has 1 aliphatic rings. The second kappa shape index (κ2) is 7.75. The first-order valence-corrected chi connectivity index (χ1v) is 8.66. The predicted molar refractivity (Wildman–Crippen MR) is 87.8 cm³/mol. The van der Waals surface area contributed by atoms with Crippen molar-refractivity contribution in [3.63, 3.8) is 0 Å². The van der Waals surface area contributed by atoms with Crippen molar-refractivity contribution in [3.05, 3.63) is 11.1 Å². The molecule has 0 bridgehead atoms. The fraction of sp³-hybridized carbons (Fsp3) is 0.733. The number of rotatable bonds is 8. The van der Waals surface area contributed by atoms with Crippen LogP contribution in [0.5, 0.6) is 0 Å². The standard InChI is InChI=1S/C15H26N4OS/c1-4-18(5-2)15-17-10-13(21-15)9-16-12(3)11-19-8-6-7-14(19)20/h10,12,16H,4-9,11H2,1-3H3. The van der Waals surface area contributed by atoms with Crippen molar-refractivity contribution in [2.24, 2.45) is 0 Å². The van der Waals surface area contributed by atoms with Gasteiger partial charge in [0.05, 0.1) is 0 Å². The lowest BCUT2D eigenvalue weighted by Crippen LogP contribution is -2.39. The molecule has 0 aliphatic carbocycles. The number of amides is 1. The minimum absolute atomic E-state index is 0.297. The third-order valence-electron chi connectivity index (χ3n) is 3.87. The van der Waals surface area contributed by atoms with Crippen LogP contribution in [-0.2, 0) is 11.3 Å². The van der Waals surface area contributed by atoms with E-state index in [1.165, 1.54) is 4.88 Å². The Hall–Kier alpha value is -1.14. The van der Waals surface area contributed by atoms with Crippen LogP contribution in [0.15, 0.2) is 6.20 Å². The van der Waals surface area contributed by atoms with Crippen LogP contribution in [0.4, 0.5) is 5.13 Å². The third kappa shape index (κ3) is 4.41. The summed E-state index contributed by atoms with van der Waals surface area (Å²) in [5.74, 6) is 0.297. The zero-order chi connectivity index (χ0) is 15.2. The van der Waals surface area contributed by atoms with Crippen molar-refractivity contribution in [1.29, 1.82) is 0 Å². The van der Waals surface area contributed by atoms with Gasteiger partial charge < -0.3 is 15.1 Å². The Kier molecular flexibility index (Phi) is 5.99. The van der Waals surface area contributed by atoms with Gasteiger partial charge in [-0.25, -0.2) is 4.98 Å². The van der Waals surface area contributed by atoms with E-state index >= 15 is 0 Å². The molecule has 2 heterocycles. The Labute approximate surface area is 131 Å². The highest BCUT2D eigenvalue weighted by atomic mass is 32.1. The minimum Gasteiger partial charge on any atom is -0.349 e. The zero-order valence-corrected chi connectivity index (χ0v) is 14.1. The molecule has 1 N–H and O–H groups in total. The van der Waals surface area contributed by atoms with Crippen LogP contribution in [0.3, 0.4) is 0 Å². The number of aromatic nitrogens is 1. The number of carbonyl (C=O) groups is 1. The molecule has 1 fully saturated rings. The summed E-state index contributed by atoms with van der Waals surface area (Å²) in [5, 5.41) is 4.59. The van der Waals surface area contributed by atoms with E-state index in [4.69, 9.17) is 0 Å². The van der Waals surface area contributed by atoms with Gasteiger partial charge in [-0.15, -0.1) is 11.3 Å². The minimum atomic E-state index is 0.297. The van der Waals surface area contributed by atoms with E-state index in [1.54, 1.807) is 11.3 Å². The van der Waals surface area contributed by atoms with Crippen LogP contribution >= 0.6 is 11.3 Å². The smallest absolute Gasteiger partial charge is 0.222 e. The number of nitrogens with one attached hydrogen (secondary N) is 1. The van der Waals surface area contributed by atoms with Gasteiger partial charge in [0, 0.05) is 56.3 Å². The number of hydrogen-bond donors (Lipinski definition) is 1. The molecule has 1 aromatic rings. The molecule has 21 heavy (non-hydrogen) atoms. The zero-order valence-electron chi connectivity index (χ0n) is 13.3. The number of thiazole rings is 1. The molecular weight excluding hydrogens is 284 g/mol. The fourth-order valence-corrected chi connectivity index (χ4v) is 3.57. The van der Waals surface area contributed by atoms with Gasteiger partial charge in [-0.3, -0.25) is 4.79 Å². The Morgan fingerprint density at radius 2 is 2.24 bits per heavy atom. The largest absolute Gasteiger partial charge is 0.349 e. The molecule has 1 aliphatic heterocycles. The maximum absolute atomic E-state index is 11.6. The number of carbonyl (C=O) groups excluding carboxylic acids is 1. The van der Waals surface area contributed by atoms with Crippen molar-refractivity contribution in [2.45, 2.75) is 46.2 Å². The fourth-order valence-electron chi connectivity index (χ4n) is 2.59. The average molecular weight is 310 g/mol. The highest BCUT2D eigenvalue weighted by Gasteiger charge is 2.21. The summed E-state index contributed by atoms with van der Waals surface area (Å²) in [5.41, 5.74) is 0. The molecule has 1 unspecified atom stereocenters. The monoisotopic (exact) mass is 310 g/mol. The topological polar surface area (TPSA) is 48.5 Å². The summed E-state index contributed by atoms with van der Waals surface area (Å²) in [4.78, 5) is 21.6. The first-order valence-electron chi connectivity index (χ1n) is 7.84. The third-order valence-corrected chi connectivity index (χ3v) is 4.92. The summed E-state index contributed by atoms with van der Waals surface area (Å²) >= 11 is 1.75. The molecule has 0 spiro atoms. The summed E-state index contributed by atoms with van der Waals surface area (Å²) in [6.07, 6.45) is 3.68. The second-order valence-corrected chi connectivity index (χ2v) is 6.60. The van der Waals surface area contributed by atoms with Crippen molar-refractivity contribution >= 4 is 22.4 Å². The summed E-state index contributed by atoms with van der Waals surface area (Å²) in [6, 6.07) is 0.311. The quantitative estimate of drug-likeness (QED) is 0.799. The molecule has 1 atom stereocenters. The maximum atomic E-state index is 11.6. The molecule has 2 rings (SSSR count). The number of likely N-dealkylation sites (tertiary alicyclic amines) is 1. The van der Waals surface area contributed by atoms with Gasteiger partial charge >= 0.3 is 0 Å². The van der Waals surface area contributed by atoms with E-state index in [2.05, 4.69) is 36.0 Å². The number of hydrogen-bond acceptors (Lipinski definition) is 5. The van der Waals surface area contributed by atoms with Crippen LogP contribution in [-0.4, -0.2) is 48.0 Å². The molecule has 1 amide bonds. The van der Waals surface area contributed by atoms with Crippen molar-refractivity contribution in [1.82, 2.24) is 15.2 Å². The molecule has 6 heteroatoms. The highest BCUT2D eigenvalue weighted by Crippen LogP contribution is 2.22. The second-order valence-electron chi connectivity index (χ2n) is 5.51. The molecule has 1 aromatic heterocycles. The van der Waals surface area contributed by atoms with E-state index in [1.807, 2.05) is 11.1 Å². The molecule has 118 valence electrons. The Morgan fingerprint density at radius 3 is 2.86 bits per heavy atom. The number of nitrogens with zero attached hydrogens (tertiary/aromatic N) is 3. The normalized spacial score (nSPS) is 16.5. The Balaban J connectivity index is 1.78. The Morgan fingerprint density at radius 1 is 1.48 bits per heavy atom. The first kappa shape index (κ1) is 16.2. The van der Waals surface area contributed by atoms with Crippen LogP contribution in [0.2, 0.25) is 0 Å². The SMILES string of the molecule is CCN(CC)c1ncc(CNC(C)CN2CCCC2=O)s1. The number of anilines is 1. The van der Waals surface area contributed by atoms with Gasteiger partial charge in [0.15, 0.2) is 5.13 Å². The van der Waals surface area contributed by atoms with Crippen LogP contribution in [0.25, 0.3) is 0 Å². The summed E-state index contributed by atoms with van der Waals surface area (Å²) in [6.45, 7) is 11.0. The van der Waals surface area contributed by atoms with Gasteiger partial charge in [-0.2, -0.15) is 0 Å². The van der Waals surface area contributed by atoms with Crippen molar-refractivity contribution in [3.8, 4) is 0 Å². The molecule has 0 aromatic carbocycles. The maximum Gasteiger partial charge on any atom is 0.222 e. The molecular formula is C15H26N4OS. The lowest BCUT2D eigenvalue weighted by atomic mass is 10.3. The Bertz CT molecular complexity index is 458. The average Bonchev–Trinajstić information content (AvgIpc) is 3.09. The van der Waals surface area contributed by atoms with E-state index < -0.39 is 0 Å². The van der Waals surface area contributed by atoms with E-state index in [9.17, 15) is 4.79 Å². The predicted octanol–water partition coefficient (Wildman–Crippen LogP) is 2.09. The van der Waals surface area contributed by atoms with E-state index in [0.29, 0.717) is 11.9 Å². The van der Waals surface area contributed by atoms with Gasteiger partial charge in [0.25, 0.3) is 0 Å². The van der Waals surface area contributed by atoms with Gasteiger partial charge in [0.1, 0.15) is 0 Å². The van der Waals surface area contributed by atoms with Crippen LogP contribution in [0, 0.1) is 0 Å². The van der Waals surface area contributed by atoms with Crippen LogP contribution in [0.1, 0.15) is 38.5 Å². The van der Waals surface area contributed by atoms with Gasteiger partial charge in [0.2, 0.25) is 5.91 Å². The lowest BCUT2D eigenvalue weighted by Gasteiger charge is -2.21. The molecule has 0 radical (unpaired) electrons. The summed E-state index contributed by atoms with van der Waals surface area (Å²) in [7, 11) is 0. The lowest BCUT2D eigenvalue weighted by molar-refractivity contribution is -0.127. The highest BCUT2D eigenvalue weighted by molar-refractivity contribution is 7.15.